The minimum absolute atomic E-state index is 0.00765. The summed E-state index contributed by atoms with van der Waals surface area (Å²) in [7, 11) is 5.54. The molecule has 1 unspecified atom stereocenters. The molecule has 5 rings (SSSR count). The van der Waals surface area contributed by atoms with E-state index in [-0.39, 0.29) is 23.1 Å². The summed E-state index contributed by atoms with van der Waals surface area (Å²) in [6, 6.07) is 14.9. The summed E-state index contributed by atoms with van der Waals surface area (Å²) in [6.07, 6.45) is 4.03. The van der Waals surface area contributed by atoms with Crippen LogP contribution in [0.1, 0.15) is 53.3 Å². The molecule has 0 spiro atoms. The van der Waals surface area contributed by atoms with Crippen LogP contribution in [-0.4, -0.2) is 42.2 Å². The second-order valence-electron chi connectivity index (χ2n) is 10.6. The minimum Gasteiger partial charge on any atom is -0.495 e. The van der Waals surface area contributed by atoms with Crippen molar-refractivity contribution in [2.24, 2.45) is 0 Å². The maximum atomic E-state index is 15.1. The maximum Gasteiger partial charge on any atom is 0.173 e. The summed E-state index contributed by atoms with van der Waals surface area (Å²) in [6.45, 7) is 0.849. The van der Waals surface area contributed by atoms with Crippen LogP contribution < -0.4 is 4.74 Å². The Morgan fingerprint density at radius 1 is 1.05 bits per heavy atom. The van der Waals surface area contributed by atoms with E-state index in [1.54, 1.807) is 19.2 Å². The molecule has 1 heterocycles. The molecule has 1 atom stereocenters. The summed E-state index contributed by atoms with van der Waals surface area (Å²) in [4.78, 5) is 7.01. The zero-order valence-electron chi connectivity index (χ0n) is 23.4. The van der Waals surface area contributed by atoms with Crippen LogP contribution in [0.25, 0.3) is 5.69 Å². The molecule has 0 N–H and O–H groups in total. The van der Waals surface area contributed by atoms with Crippen LogP contribution in [0.3, 0.4) is 0 Å². The fourth-order valence-electron chi connectivity index (χ4n) is 5.43. The molecular formula is C32H33ClF3N3OS. The Morgan fingerprint density at radius 2 is 1.78 bits per heavy atom. The molecule has 0 aliphatic heterocycles. The standard InChI is InChI=1S/C32H33ClF3N3OS/c1-38(2)15-5-6-20-16-27(35)25(28(36)17-20)19-41-32-37-29-8-4-7-24(21-9-14-26(33)30(18-21)40-3)31(29)39(32)23-12-10-22(34)11-13-23/h9-14,16-18,24H,4-8,15,19H2,1-3H3. The predicted molar refractivity (Wildman–Crippen MR) is 159 cm³/mol. The zero-order chi connectivity index (χ0) is 29.1. The van der Waals surface area contributed by atoms with Crippen LogP contribution in [-0.2, 0) is 18.6 Å². The number of aromatic nitrogens is 2. The Balaban J connectivity index is 1.50. The van der Waals surface area contributed by atoms with Gasteiger partial charge in [0, 0.05) is 22.9 Å². The largest absolute Gasteiger partial charge is 0.495 e. The topological polar surface area (TPSA) is 30.3 Å². The lowest BCUT2D eigenvalue weighted by atomic mass is 9.84. The number of nitrogens with zero attached hydrogens (tertiary/aromatic N) is 3. The van der Waals surface area contributed by atoms with E-state index in [0.717, 1.165) is 54.9 Å². The highest BCUT2D eigenvalue weighted by Gasteiger charge is 2.31. The summed E-state index contributed by atoms with van der Waals surface area (Å²) in [5.74, 6) is -0.778. The third-order valence-corrected chi connectivity index (χ3v) is 8.75. The molecule has 0 fully saturated rings. The molecule has 3 aromatic carbocycles. The highest BCUT2D eigenvalue weighted by atomic mass is 35.5. The number of methoxy groups -OCH3 is 1. The van der Waals surface area contributed by atoms with Crippen molar-refractivity contribution in [3.05, 3.63) is 105 Å². The first kappa shape index (κ1) is 29.5. The molecule has 216 valence electrons. The molecule has 0 saturated carbocycles. The number of imidazole rings is 1. The average molecular weight is 600 g/mol. The molecule has 9 heteroatoms. The lowest BCUT2D eigenvalue weighted by molar-refractivity contribution is 0.400. The third kappa shape index (κ3) is 6.60. The van der Waals surface area contributed by atoms with Gasteiger partial charge in [0.2, 0.25) is 0 Å². The van der Waals surface area contributed by atoms with Gasteiger partial charge in [-0.3, -0.25) is 4.57 Å². The van der Waals surface area contributed by atoms with Crippen LogP contribution in [0, 0.1) is 17.5 Å². The Hall–Kier alpha value is -2.94. The van der Waals surface area contributed by atoms with Crippen LogP contribution in [0.5, 0.6) is 5.75 Å². The highest BCUT2D eigenvalue weighted by Crippen LogP contribution is 2.42. The number of benzene rings is 3. The normalized spacial score (nSPS) is 14.9. The van der Waals surface area contributed by atoms with Crippen LogP contribution in [0.4, 0.5) is 13.2 Å². The van der Waals surface area contributed by atoms with E-state index in [1.165, 1.54) is 36.0 Å². The first-order valence-corrected chi connectivity index (χ1v) is 15.1. The summed E-state index contributed by atoms with van der Waals surface area (Å²) >= 11 is 7.59. The van der Waals surface area contributed by atoms with Gasteiger partial charge in [-0.05, 0) is 112 Å². The lowest BCUT2D eigenvalue weighted by Gasteiger charge is -2.26. The summed E-state index contributed by atoms with van der Waals surface area (Å²) < 4.78 is 51.6. The van der Waals surface area contributed by atoms with Gasteiger partial charge in [-0.1, -0.05) is 29.4 Å². The number of aryl methyl sites for hydroxylation is 2. The van der Waals surface area contributed by atoms with Crippen molar-refractivity contribution in [1.82, 2.24) is 14.5 Å². The molecule has 4 nitrogen and oxygen atoms in total. The van der Waals surface area contributed by atoms with Gasteiger partial charge >= 0.3 is 0 Å². The quantitative estimate of drug-likeness (QED) is 0.172. The van der Waals surface area contributed by atoms with Gasteiger partial charge in [0.05, 0.1) is 23.5 Å². The first-order chi connectivity index (χ1) is 19.7. The number of ether oxygens (including phenoxy) is 1. The smallest absolute Gasteiger partial charge is 0.173 e. The molecule has 0 saturated heterocycles. The van der Waals surface area contributed by atoms with E-state index < -0.39 is 11.6 Å². The van der Waals surface area contributed by atoms with Crippen molar-refractivity contribution in [1.29, 1.82) is 0 Å². The molecule has 0 bridgehead atoms. The van der Waals surface area contributed by atoms with E-state index in [4.69, 9.17) is 21.3 Å². The zero-order valence-corrected chi connectivity index (χ0v) is 25.0. The Labute approximate surface area is 248 Å². The second kappa shape index (κ2) is 12.9. The molecule has 0 radical (unpaired) electrons. The van der Waals surface area contributed by atoms with Crippen molar-refractivity contribution in [2.75, 3.05) is 27.7 Å². The molecule has 1 aromatic heterocycles. The van der Waals surface area contributed by atoms with E-state index in [9.17, 15) is 4.39 Å². The van der Waals surface area contributed by atoms with Gasteiger partial charge in [-0.25, -0.2) is 18.2 Å². The van der Waals surface area contributed by atoms with Gasteiger partial charge in [0.15, 0.2) is 5.16 Å². The van der Waals surface area contributed by atoms with Crippen molar-refractivity contribution in [3.8, 4) is 11.4 Å². The van der Waals surface area contributed by atoms with Crippen molar-refractivity contribution < 1.29 is 17.9 Å². The highest BCUT2D eigenvalue weighted by molar-refractivity contribution is 7.98. The molecule has 0 amide bonds. The van der Waals surface area contributed by atoms with E-state index in [1.807, 2.05) is 36.9 Å². The van der Waals surface area contributed by atoms with E-state index >= 15 is 8.78 Å². The molecular weight excluding hydrogens is 567 g/mol. The number of hydrogen-bond donors (Lipinski definition) is 0. The summed E-state index contributed by atoms with van der Waals surface area (Å²) in [5, 5.41) is 1.15. The molecule has 41 heavy (non-hydrogen) atoms. The lowest BCUT2D eigenvalue weighted by Crippen LogP contribution is -2.15. The van der Waals surface area contributed by atoms with Gasteiger partial charge in [-0.15, -0.1) is 0 Å². The number of hydrogen-bond acceptors (Lipinski definition) is 4. The summed E-state index contributed by atoms with van der Waals surface area (Å²) in [5.41, 5.74) is 4.38. The molecule has 4 aromatic rings. The molecule has 1 aliphatic carbocycles. The monoisotopic (exact) mass is 599 g/mol. The predicted octanol–water partition coefficient (Wildman–Crippen LogP) is 8.21. The Morgan fingerprint density at radius 3 is 2.46 bits per heavy atom. The van der Waals surface area contributed by atoms with Gasteiger partial charge in [0.25, 0.3) is 0 Å². The van der Waals surface area contributed by atoms with Crippen LogP contribution in [0.2, 0.25) is 5.02 Å². The SMILES string of the molecule is COc1cc(C2CCCc3nc(SCc4c(F)cc(CCCN(C)C)cc4F)n(-c4ccc(F)cc4)c32)ccc1Cl. The van der Waals surface area contributed by atoms with E-state index in [0.29, 0.717) is 27.9 Å². The second-order valence-corrected chi connectivity index (χ2v) is 12.0. The van der Waals surface area contributed by atoms with E-state index in [2.05, 4.69) is 4.90 Å². The first-order valence-electron chi connectivity index (χ1n) is 13.7. The van der Waals surface area contributed by atoms with Gasteiger partial charge < -0.3 is 9.64 Å². The van der Waals surface area contributed by atoms with Crippen LogP contribution in [0.15, 0.2) is 59.8 Å². The number of halogens is 4. The number of rotatable bonds is 10. The molecule has 1 aliphatic rings. The van der Waals surface area contributed by atoms with Crippen LogP contribution >= 0.6 is 23.4 Å². The maximum absolute atomic E-state index is 15.1. The van der Waals surface area contributed by atoms with Gasteiger partial charge in [0.1, 0.15) is 23.2 Å². The Kier molecular flexibility index (Phi) is 9.32. The van der Waals surface area contributed by atoms with Crippen molar-refractivity contribution >= 4 is 23.4 Å². The van der Waals surface area contributed by atoms with Crippen molar-refractivity contribution in [3.63, 3.8) is 0 Å². The van der Waals surface area contributed by atoms with Gasteiger partial charge in [-0.2, -0.15) is 0 Å². The fourth-order valence-corrected chi connectivity index (χ4v) is 6.69. The fraction of sp³-hybridized carbons (Fsp3) is 0.344. The number of thioether (sulfide) groups is 1. The minimum atomic E-state index is -0.548. The average Bonchev–Trinajstić information content (AvgIpc) is 3.31. The number of fused-ring (bicyclic) bond motifs is 1. The Bertz CT molecular complexity index is 1500. The third-order valence-electron chi connectivity index (χ3n) is 7.47. The van der Waals surface area contributed by atoms with Crippen molar-refractivity contribution in [2.45, 2.75) is 48.9 Å².